The van der Waals surface area contributed by atoms with Crippen LogP contribution in [0, 0.1) is 5.92 Å². The number of nitrogens with zero attached hydrogens (tertiary/aromatic N) is 3. The van der Waals surface area contributed by atoms with E-state index in [4.69, 9.17) is 0 Å². The number of rotatable bonds is 5. The number of hydrogen-bond donors (Lipinski definition) is 0. The first-order chi connectivity index (χ1) is 12.7. The molecule has 0 spiro atoms. The summed E-state index contributed by atoms with van der Waals surface area (Å²) in [6.07, 6.45) is 5.40. The summed E-state index contributed by atoms with van der Waals surface area (Å²) in [5.41, 5.74) is 3.00. The van der Waals surface area contributed by atoms with Crippen molar-refractivity contribution < 1.29 is 4.79 Å². The molecule has 2 heterocycles. The molecule has 1 amide bonds. The van der Waals surface area contributed by atoms with E-state index in [0.717, 1.165) is 44.6 Å². The lowest BCUT2D eigenvalue weighted by Gasteiger charge is -2.41. The van der Waals surface area contributed by atoms with Gasteiger partial charge in [-0.2, -0.15) is 0 Å². The highest BCUT2D eigenvalue weighted by atomic mass is 16.2. The first kappa shape index (κ1) is 18.0. The molecule has 0 unspecified atom stereocenters. The topological polar surface area (TPSA) is 26.8 Å². The largest absolute Gasteiger partial charge is 0.340 e. The fourth-order valence-electron chi connectivity index (χ4n) is 4.86. The first-order valence-corrected chi connectivity index (χ1v) is 10.5. The van der Waals surface area contributed by atoms with Gasteiger partial charge in [-0.05, 0) is 61.7 Å². The lowest BCUT2D eigenvalue weighted by atomic mass is 9.71. The molecule has 1 aromatic rings. The molecule has 0 aromatic heterocycles. The summed E-state index contributed by atoms with van der Waals surface area (Å²) >= 11 is 0. The summed E-state index contributed by atoms with van der Waals surface area (Å²) in [5.74, 6) is 1.83. The van der Waals surface area contributed by atoms with Crippen molar-refractivity contribution in [1.82, 2.24) is 14.7 Å². The van der Waals surface area contributed by atoms with Gasteiger partial charge in [0.25, 0.3) is 0 Å². The summed E-state index contributed by atoms with van der Waals surface area (Å²) in [5, 5.41) is 0. The van der Waals surface area contributed by atoms with Gasteiger partial charge in [0, 0.05) is 46.2 Å². The van der Waals surface area contributed by atoms with E-state index in [1.807, 2.05) is 4.90 Å². The molecule has 0 bridgehead atoms. The van der Waals surface area contributed by atoms with E-state index in [9.17, 15) is 4.79 Å². The third kappa shape index (κ3) is 4.29. The predicted molar refractivity (Wildman–Crippen MR) is 105 cm³/mol. The highest BCUT2D eigenvalue weighted by molar-refractivity contribution is 5.73. The van der Waals surface area contributed by atoms with Crippen LogP contribution in [0.3, 0.4) is 0 Å². The maximum absolute atomic E-state index is 11.4. The number of likely N-dealkylation sites (tertiary alicyclic amines) is 1. The zero-order chi connectivity index (χ0) is 17.9. The van der Waals surface area contributed by atoms with Crippen molar-refractivity contribution >= 4 is 5.91 Å². The Morgan fingerprint density at radius 3 is 2.19 bits per heavy atom. The van der Waals surface area contributed by atoms with Gasteiger partial charge >= 0.3 is 0 Å². The molecular weight excluding hydrogens is 322 g/mol. The van der Waals surface area contributed by atoms with Gasteiger partial charge in [-0.15, -0.1) is 0 Å². The van der Waals surface area contributed by atoms with Crippen molar-refractivity contribution in [3.8, 4) is 0 Å². The fourth-order valence-corrected chi connectivity index (χ4v) is 4.86. The first-order valence-electron chi connectivity index (χ1n) is 10.5. The van der Waals surface area contributed by atoms with Crippen LogP contribution in [0.2, 0.25) is 0 Å². The maximum Gasteiger partial charge on any atom is 0.219 e. The Bertz CT molecular complexity index is 594. The average molecular weight is 356 g/mol. The smallest absolute Gasteiger partial charge is 0.219 e. The standard InChI is InChI=1S/C22H33N3O/c1-18(26)25-12-10-24(11-13-25)17-20-14-22(15-20)21-6-4-19(5-7-21)16-23-8-2-3-9-23/h4-7,20,22H,2-3,8-17H2,1H3/t20-,22+. The molecule has 3 aliphatic rings. The van der Waals surface area contributed by atoms with Crippen molar-refractivity contribution in [2.45, 2.75) is 45.1 Å². The Balaban J connectivity index is 1.19. The Kier molecular flexibility index (Phi) is 5.60. The minimum absolute atomic E-state index is 0.224. The Morgan fingerprint density at radius 1 is 0.923 bits per heavy atom. The van der Waals surface area contributed by atoms with E-state index in [-0.39, 0.29) is 5.91 Å². The van der Waals surface area contributed by atoms with Gasteiger partial charge in [0.2, 0.25) is 5.91 Å². The van der Waals surface area contributed by atoms with E-state index < -0.39 is 0 Å². The second-order valence-electron chi connectivity index (χ2n) is 8.57. The molecule has 26 heavy (non-hydrogen) atoms. The van der Waals surface area contributed by atoms with Crippen LogP contribution in [0.1, 0.15) is 49.7 Å². The van der Waals surface area contributed by atoms with E-state index in [0.29, 0.717) is 0 Å². The monoisotopic (exact) mass is 355 g/mol. The molecule has 4 nitrogen and oxygen atoms in total. The minimum atomic E-state index is 0.224. The van der Waals surface area contributed by atoms with Gasteiger partial charge < -0.3 is 4.90 Å². The van der Waals surface area contributed by atoms with Crippen molar-refractivity contribution in [2.24, 2.45) is 5.92 Å². The van der Waals surface area contributed by atoms with E-state index in [1.165, 1.54) is 56.4 Å². The number of hydrogen-bond acceptors (Lipinski definition) is 3. The van der Waals surface area contributed by atoms with Crippen LogP contribution >= 0.6 is 0 Å². The number of amides is 1. The minimum Gasteiger partial charge on any atom is -0.340 e. The molecule has 1 saturated carbocycles. The fraction of sp³-hybridized carbons (Fsp3) is 0.682. The molecule has 0 N–H and O–H groups in total. The molecule has 0 atom stereocenters. The summed E-state index contributed by atoms with van der Waals surface area (Å²) in [6, 6.07) is 9.44. The van der Waals surface area contributed by atoms with Crippen LogP contribution in [0.4, 0.5) is 0 Å². The van der Waals surface area contributed by atoms with E-state index in [2.05, 4.69) is 34.1 Å². The molecule has 3 fully saturated rings. The Labute approximate surface area is 158 Å². The number of carbonyl (C=O) groups excluding carboxylic acids is 1. The van der Waals surface area contributed by atoms with E-state index in [1.54, 1.807) is 6.92 Å². The van der Waals surface area contributed by atoms with Crippen LogP contribution in [-0.2, 0) is 11.3 Å². The third-order valence-electron chi connectivity index (χ3n) is 6.63. The van der Waals surface area contributed by atoms with E-state index >= 15 is 0 Å². The van der Waals surface area contributed by atoms with Crippen LogP contribution < -0.4 is 0 Å². The molecule has 1 aliphatic carbocycles. The van der Waals surface area contributed by atoms with Gasteiger partial charge in [-0.3, -0.25) is 14.6 Å². The molecule has 1 aromatic carbocycles. The van der Waals surface area contributed by atoms with Crippen molar-refractivity contribution in [3.63, 3.8) is 0 Å². The van der Waals surface area contributed by atoms with Gasteiger partial charge in [0.05, 0.1) is 0 Å². The average Bonchev–Trinajstić information content (AvgIpc) is 3.12. The van der Waals surface area contributed by atoms with Crippen LogP contribution in [-0.4, -0.2) is 66.4 Å². The van der Waals surface area contributed by atoms with Crippen molar-refractivity contribution in [1.29, 1.82) is 0 Å². The van der Waals surface area contributed by atoms with Crippen molar-refractivity contribution in [3.05, 3.63) is 35.4 Å². The molecule has 4 heteroatoms. The van der Waals surface area contributed by atoms with Gasteiger partial charge in [0.15, 0.2) is 0 Å². The predicted octanol–water partition coefficient (Wildman–Crippen LogP) is 2.94. The summed E-state index contributed by atoms with van der Waals surface area (Å²) in [7, 11) is 0. The summed E-state index contributed by atoms with van der Waals surface area (Å²) in [4.78, 5) is 18.5. The van der Waals surface area contributed by atoms with Gasteiger partial charge in [0.1, 0.15) is 0 Å². The molecule has 4 rings (SSSR count). The summed E-state index contributed by atoms with van der Waals surface area (Å²) in [6.45, 7) is 10.5. The molecule has 2 aliphatic heterocycles. The normalized spacial score (nSPS) is 27.5. The summed E-state index contributed by atoms with van der Waals surface area (Å²) < 4.78 is 0. The SMILES string of the molecule is CC(=O)N1CCN(C[C@H]2C[C@@H](c3ccc(CN4CCCC4)cc3)C2)CC1. The zero-order valence-electron chi connectivity index (χ0n) is 16.2. The quantitative estimate of drug-likeness (QED) is 0.812. The third-order valence-corrected chi connectivity index (χ3v) is 6.63. The zero-order valence-corrected chi connectivity index (χ0v) is 16.2. The van der Waals surface area contributed by atoms with Gasteiger partial charge in [-0.25, -0.2) is 0 Å². The van der Waals surface area contributed by atoms with Crippen LogP contribution in [0.25, 0.3) is 0 Å². The molecular formula is C22H33N3O. The van der Waals surface area contributed by atoms with Crippen molar-refractivity contribution in [2.75, 3.05) is 45.8 Å². The molecule has 2 saturated heterocycles. The van der Waals surface area contributed by atoms with Gasteiger partial charge in [-0.1, -0.05) is 24.3 Å². The van der Waals surface area contributed by atoms with Crippen LogP contribution in [0.15, 0.2) is 24.3 Å². The Hall–Kier alpha value is -1.39. The number of piperazine rings is 1. The van der Waals surface area contributed by atoms with Crippen LogP contribution in [0.5, 0.6) is 0 Å². The molecule has 142 valence electrons. The lowest BCUT2D eigenvalue weighted by Crippen LogP contribution is -2.50. The maximum atomic E-state index is 11.4. The number of benzene rings is 1. The number of carbonyl (C=O) groups is 1. The highest BCUT2D eigenvalue weighted by Gasteiger charge is 2.32. The lowest BCUT2D eigenvalue weighted by molar-refractivity contribution is -0.130. The second-order valence-corrected chi connectivity index (χ2v) is 8.57. The Morgan fingerprint density at radius 2 is 1.58 bits per heavy atom. The molecule has 0 radical (unpaired) electrons. The second kappa shape index (κ2) is 8.10. The highest BCUT2D eigenvalue weighted by Crippen LogP contribution is 2.42.